The smallest absolute Gasteiger partial charge is 0.291 e. The van der Waals surface area contributed by atoms with Gasteiger partial charge in [-0.05, 0) is 38.3 Å². The molecule has 1 saturated carbocycles. The van der Waals surface area contributed by atoms with E-state index in [1.807, 2.05) is 0 Å². The average Bonchev–Trinajstić information content (AvgIpc) is 2.39. The number of nitrogens with one attached hydrogen (secondary N) is 2. The molecule has 0 saturated heterocycles. The first-order valence-corrected chi connectivity index (χ1v) is 7.80. The molecule has 2 rings (SSSR count). The van der Waals surface area contributed by atoms with Gasteiger partial charge in [-0.1, -0.05) is 24.9 Å². The van der Waals surface area contributed by atoms with Gasteiger partial charge in [0.1, 0.15) is 5.69 Å². The lowest BCUT2D eigenvalue weighted by Crippen LogP contribution is -2.31. The maximum absolute atomic E-state index is 12.3. The first-order valence-electron chi connectivity index (χ1n) is 7.42. The highest BCUT2D eigenvalue weighted by Crippen LogP contribution is 2.27. The maximum atomic E-state index is 12.3. The van der Waals surface area contributed by atoms with E-state index in [0.29, 0.717) is 23.2 Å². The zero-order chi connectivity index (χ0) is 14.4. The van der Waals surface area contributed by atoms with E-state index in [1.54, 1.807) is 10.9 Å². The number of rotatable bonds is 8. The van der Waals surface area contributed by atoms with E-state index < -0.39 is 0 Å². The van der Waals surface area contributed by atoms with Crippen LogP contribution in [0.4, 0.5) is 5.69 Å². The molecule has 0 unspecified atom stereocenters. The minimum Gasteiger partial charge on any atom is -0.379 e. The van der Waals surface area contributed by atoms with Crippen LogP contribution >= 0.6 is 11.6 Å². The Morgan fingerprint density at radius 1 is 1.45 bits per heavy atom. The van der Waals surface area contributed by atoms with Crippen molar-refractivity contribution in [3.05, 3.63) is 21.6 Å². The van der Waals surface area contributed by atoms with Gasteiger partial charge in [0.15, 0.2) is 0 Å². The monoisotopic (exact) mass is 298 g/mol. The van der Waals surface area contributed by atoms with Crippen molar-refractivity contribution in [1.29, 1.82) is 0 Å². The van der Waals surface area contributed by atoms with Crippen molar-refractivity contribution in [2.75, 3.05) is 25.0 Å². The van der Waals surface area contributed by atoms with Crippen LogP contribution in [0.15, 0.2) is 11.0 Å². The van der Waals surface area contributed by atoms with E-state index in [9.17, 15) is 4.79 Å². The number of halogens is 1. The van der Waals surface area contributed by atoms with Crippen LogP contribution in [0.2, 0.25) is 5.02 Å². The Morgan fingerprint density at radius 3 is 2.90 bits per heavy atom. The Hall–Kier alpha value is -1.07. The molecule has 6 heteroatoms. The predicted octanol–water partition coefficient (Wildman–Crippen LogP) is 2.11. The molecular weight excluding hydrogens is 276 g/mol. The molecule has 1 aliphatic rings. The lowest BCUT2D eigenvalue weighted by Gasteiger charge is -2.25. The van der Waals surface area contributed by atoms with Gasteiger partial charge in [0.25, 0.3) is 5.56 Å². The first kappa shape index (κ1) is 15.3. The van der Waals surface area contributed by atoms with Crippen molar-refractivity contribution < 1.29 is 0 Å². The molecule has 5 nitrogen and oxygen atoms in total. The molecule has 0 aliphatic heterocycles. The average molecular weight is 299 g/mol. The highest BCUT2D eigenvalue weighted by atomic mass is 35.5. The lowest BCUT2D eigenvalue weighted by atomic mass is 9.85. The summed E-state index contributed by atoms with van der Waals surface area (Å²) in [5.74, 6) is 0.600. The van der Waals surface area contributed by atoms with Gasteiger partial charge in [0.2, 0.25) is 0 Å². The van der Waals surface area contributed by atoms with E-state index in [4.69, 9.17) is 11.6 Å². The fourth-order valence-corrected chi connectivity index (χ4v) is 2.47. The molecule has 1 aromatic rings. The number of aromatic nitrogens is 2. The van der Waals surface area contributed by atoms with Gasteiger partial charge in [-0.2, -0.15) is 5.10 Å². The Labute approximate surface area is 124 Å². The number of nitrogens with zero attached hydrogens (tertiary/aromatic N) is 2. The Bertz CT molecular complexity index is 485. The van der Waals surface area contributed by atoms with Crippen molar-refractivity contribution in [1.82, 2.24) is 15.1 Å². The second-order valence-corrected chi connectivity index (χ2v) is 5.69. The van der Waals surface area contributed by atoms with Gasteiger partial charge in [-0.3, -0.25) is 4.79 Å². The van der Waals surface area contributed by atoms with Crippen LogP contribution in [0, 0.1) is 5.92 Å². The molecule has 0 spiro atoms. The minimum absolute atomic E-state index is 0.104. The van der Waals surface area contributed by atoms with Crippen molar-refractivity contribution in [3.63, 3.8) is 0 Å². The van der Waals surface area contributed by atoms with Crippen LogP contribution in [0.1, 0.15) is 32.6 Å². The summed E-state index contributed by atoms with van der Waals surface area (Å²) in [5.41, 5.74) is 0.380. The summed E-state index contributed by atoms with van der Waals surface area (Å²) in [6.45, 7) is 5.41. The molecule has 1 heterocycles. The van der Waals surface area contributed by atoms with E-state index in [-0.39, 0.29) is 5.56 Å². The van der Waals surface area contributed by atoms with E-state index >= 15 is 0 Å². The van der Waals surface area contributed by atoms with Crippen molar-refractivity contribution in [2.45, 2.75) is 39.2 Å². The van der Waals surface area contributed by atoms with Gasteiger partial charge in [-0.15, -0.1) is 0 Å². The predicted molar refractivity (Wildman–Crippen MR) is 82.5 cm³/mol. The highest BCUT2D eigenvalue weighted by molar-refractivity contribution is 6.32. The molecule has 0 atom stereocenters. The van der Waals surface area contributed by atoms with E-state index in [1.165, 1.54) is 19.3 Å². The Balaban J connectivity index is 1.95. The molecule has 1 fully saturated rings. The summed E-state index contributed by atoms with van der Waals surface area (Å²) in [6, 6.07) is 0. The fraction of sp³-hybridized carbons (Fsp3) is 0.714. The van der Waals surface area contributed by atoms with Crippen LogP contribution < -0.4 is 16.2 Å². The second-order valence-electron chi connectivity index (χ2n) is 5.29. The molecule has 1 aromatic heterocycles. The van der Waals surface area contributed by atoms with Gasteiger partial charge >= 0.3 is 0 Å². The summed E-state index contributed by atoms with van der Waals surface area (Å²) < 4.78 is 1.54. The van der Waals surface area contributed by atoms with Crippen LogP contribution in [0.3, 0.4) is 0 Å². The summed E-state index contributed by atoms with van der Waals surface area (Å²) in [7, 11) is 0. The maximum Gasteiger partial charge on any atom is 0.291 e. The Kier molecular flexibility index (Phi) is 5.86. The van der Waals surface area contributed by atoms with Crippen LogP contribution in [-0.2, 0) is 6.54 Å². The third-order valence-electron chi connectivity index (χ3n) is 3.74. The molecule has 0 bridgehead atoms. The van der Waals surface area contributed by atoms with E-state index in [0.717, 1.165) is 26.1 Å². The topological polar surface area (TPSA) is 59.0 Å². The highest BCUT2D eigenvalue weighted by Gasteiger charge is 2.20. The van der Waals surface area contributed by atoms with Crippen LogP contribution in [-0.4, -0.2) is 29.4 Å². The van der Waals surface area contributed by atoms with Gasteiger partial charge in [-0.25, -0.2) is 4.68 Å². The zero-order valence-electron chi connectivity index (χ0n) is 12.0. The van der Waals surface area contributed by atoms with Crippen LogP contribution in [0.5, 0.6) is 0 Å². The van der Waals surface area contributed by atoms with Crippen molar-refractivity contribution in [3.8, 4) is 0 Å². The summed E-state index contributed by atoms with van der Waals surface area (Å²) in [4.78, 5) is 12.3. The zero-order valence-corrected chi connectivity index (χ0v) is 12.7. The normalized spacial score (nSPS) is 15.1. The lowest BCUT2D eigenvalue weighted by molar-refractivity contribution is 0.262. The number of anilines is 1. The molecule has 112 valence electrons. The largest absolute Gasteiger partial charge is 0.379 e. The second kappa shape index (κ2) is 7.64. The molecule has 0 amide bonds. The third-order valence-corrected chi connectivity index (χ3v) is 4.02. The molecule has 2 N–H and O–H groups in total. The van der Waals surface area contributed by atoms with Gasteiger partial charge < -0.3 is 10.6 Å². The summed E-state index contributed by atoms with van der Waals surface area (Å²) in [6.07, 6.45) is 6.18. The molecule has 0 radical (unpaired) electrons. The quantitative estimate of drug-likeness (QED) is 0.722. The third kappa shape index (κ3) is 3.96. The fourth-order valence-electron chi connectivity index (χ4n) is 2.28. The van der Waals surface area contributed by atoms with Gasteiger partial charge in [0.05, 0.1) is 11.2 Å². The SMILES string of the molecule is CCNCCCNc1c(Cl)cnn(CC2CCC2)c1=O. The van der Waals surface area contributed by atoms with Crippen LogP contribution in [0.25, 0.3) is 0 Å². The Morgan fingerprint density at radius 2 is 2.25 bits per heavy atom. The number of hydrogen-bond donors (Lipinski definition) is 2. The number of hydrogen-bond acceptors (Lipinski definition) is 4. The summed E-state index contributed by atoms with van der Waals surface area (Å²) >= 11 is 6.07. The van der Waals surface area contributed by atoms with Gasteiger partial charge in [0, 0.05) is 13.1 Å². The molecule has 20 heavy (non-hydrogen) atoms. The molecule has 1 aliphatic carbocycles. The first-order chi connectivity index (χ1) is 9.72. The molecular formula is C14H23ClN4O. The minimum atomic E-state index is -0.104. The molecule has 0 aromatic carbocycles. The van der Waals surface area contributed by atoms with E-state index in [2.05, 4.69) is 22.7 Å². The summed E-state index contributed by atoms with van der Waals surface area (Å²) in [5, 5.41) is 10.9. The van der Waals surface area contributed by atoms with Crippen molar-refractivity contribution >= 4 is 17.3 Å². The standard InChI is InChI=1S/C14H23ClN4O/c1-2-16-7-4-8-17-13-12(15)9-18-19(14(13)20)10-11-5-3-6-11/h9,11,16-17H,2-8,10H2,1H3. The van der Waals surface area contributed by atoms with Crippen molar-refractivity contribution in [2.24, 2.45) is 5.92 Å².